The molecule has 1 aliphatic carbocycles. The predicted octanol–water partition coefficient (Wildman–Crippen LogP) is 3.21. The van der Waals surface area contributed by atoms with E-state index in [1.807, 2.05) is 17.8 Å². The van der Waals surface area contributed by atoms with Crippen molar-refractivity contribution in [1.29, 1.82) is 0 Å². The summed E-state index contributed by atoms with van der Waals surface area (Å²) in [5.41, 5.74) is 4.80. The molecule has 21 heavy (non-hydrogen) atoms. The van der Waals surface area contributed by atoms with Crippen LogP contribution < -0.4 is 0 Å². The zero-order chi connectivity index (χ0) is 14.8. The number of aryl methyl sites for hydroxylation is 3. The molecule has 1 aromatic heterocycles. The minimum absolute atomic E-state index is 0.286. The molecule has 112 valence electrons. The molecule has 1 aromatic carbocycles. The molecule has 1 aliphatic rings. The van der Waals surface area contributed by atoms with Gasteiger partial charge < -0.3 is 5.11 Å². The summed E-state index contributed by atoms with van der Waals surface area (Å²) in [7, 11) is 2.01. The Labute approximate surface area is 126 Å². The average Bonchev–Trinajstić information content (AvgIpc) is 2.78. The van der Waals surface area contributed by atoms with Crippen LogP contribution in [-0.2, 0) is 26.3 Å². The molecule has 0 amide bonds. The number of nitrogens with zero attached hydrogens (tertiary/aromatic N) is 2. The van der Waals surface area contributed by atoms with Crippen molar-refractivity contribution >= 4 is 0 Å². The molecule has 0 saturated heterocycles. The Morgan fingerprint density at radius 1 is 1.33 bits per heavy atom. The molecule has 3 nitrogen and oxygen atoms in total. The average molecular weight is 284 g/mol. The van der Waals surface area contributed by atoms with Crippen molar-refractivity contribution < 1.29 is 5.11 Å². The highest BCUT2D eigenvalue weighted by molar-refractivity contribution is 5.31. The van der Waals surface area contributed by atoms with Crippen molar-refractivity contribution in [3.05, 3.63) is 52.8 Å². The number of hydrogen-bond donors (Lipinski definition) is 1. The van der Waals surface area contributed by atoms with Gasteiger partial charge in [-0.3, -0.25) is 4.68 Å². The molecule has 0 radical (unpaired) electrons. The molecule has 1 N–H and O–H groups in total. The van der Waals surface area contributed by atoms with Crippen LogP contribution in [0, 0.1) is 5.92 Å². The maximum atomic E-state index is 10.8. The number of fused-ring (bicyclic) bond motifs is 1. The Bertz CT molecular complexity index is 617. The summed E-state index contributed by atoms with van der Waals surface area (Å²) in [5.74, 6) is 0.286. The van der Waals surface area contributed by atoms with E-state index in [9.17, 15) is 5.11 Å². The van der Waals surface area contributed by atoms with E-state index in [1.165, 1.54) is 11.3 Å². The van der Waals surface area contributed by atoms with Gasteiger partial charge in [0.05, 0.1) is 11.8 Å². The van der Waals surface area contributed by atoms with E-state index < -0.39 is 0 Å². The number of aliphatic hydroxyl groups is 1. The Hall–Kier alpha value is -1.61. The van der Waals surface area contributed by atoms with Crippen LogP contribution in [0.2, 0.25) is 0 Å². The second-order valence-electron chi connectivity index (χ2n) is 6.10. The summed E-state index contributed by atoms with van der Waals surface area (Å²) in [5, 5.41) is 15.3. The second kappa shape index (κ2) is 6.02. The Morgan fingerprint density at radius 3 is 2.90 bits per heavy atom. The summed E-state index contributed by atoms with van der Waals surface area (Å²) in [6.07, 6.45) is 4.81. The van der Waals surface area contributed by atoms with E-state index in [4.69, 9.17) is 0 Å². The minimum atomic E-state index is -0.358. The van der Waals surface area contributed by atoms with E-state index in [0.717, 1.165) is 43.4 Å². The number of hydrogen-bond acceptors (Lipinski definition) is 2. The summed E-state index contributed by atoms with van der Waals surface area (Å²) in [6, 6.07) is 10.5. The second-order valence-corrected chi connectivity index (χ2v) is 6.10. The van der Waals surface area contributed by atoms with E-state index in [0.29, 0.717) is 0 Å². The van der Waals surface area contributed by atoms with Crippen LogP contribution in [0.3, 0.4) is 0 Å². The first-order valence-corrected chi connectivity index (χ1v) is 7.96. The molecule has 0 fully saturated rings. The van der Waals surface area contributed by atoms with Gasteiger partial charge in [-0.05, 0) is 55.2 Å². The molecular formula is C18H24N2O. The third kappa shape index (κ3) is 2.88. The first-order chi connectivity index (χ1) is 10.2. The normalized spacial score (nSPS) is 21.9. The lowest BCUT2D eigenvalue weighted by Gasteiger charge is -2.22. The zero-order valence-corrected chi connectivity index (χ0v) is 12.9. The fourth-order valence-corrected chi connectivity index (χ4v) is 3.43. The fourth-order valence-electron chi connectivity index (χ4n) is 3.43. The van der Waals surface area contributed by atoms with E-state index in [-0.39, 0.29) is 12.0 Å². The van der Waals surface area contributed by atoms with Crippen molar-refractivity contribution in [3.8, 4) is 0 Å². The van der Waals surface area contributed by atoms with Crippen LogP contribution in [0.1, 0.15) is 48.4 Å². The molecule has 2 unspecified atom stereocenters. The maximum Gasteiger partial charge on any atom is 0.0824 e. The summed E-state index contributed by atoms with van der Waals surface area (Å²) in [6.45, 7) is 2.13. The van der Waals surface area contributed by atoms with Crippen molar-refractivity contribution in [2.75, 3.05) is 0 Å². The third-order valence-electron chi connectivity index (χ3n) is 4.70. The SMILES string of the molecule is CCc1cc(CC2CCCc3ccccc3C2O)n(C)n1. The van der Waals surface area contributed by atoms with Crippen LogP contribution in [0.25, 0.3) is 0 Å². The maximum absolute atomic E-state index is 10.8. The van der Waals surface area contributed by atoms with Crippen LogP contribution >= 0.6 is 0 Å². The minimum Gasteiger partial charge on any atom is -0.388 e. The molecule has 0 aliphatic heterocycles. The highest BCUT2D eigenvalue weighted by Crippen LogP contribution is 2.35. The molecule has 2 atom stereocenters. The van der Waals surface area contributed by atoms with Gasteiger partial charge in [0.15, 0.2) is 0 Å². The lowest BCUT2D eigenvalue weighted by Crippen LogP contribution is -2.16. The van der Waals surface area contributed by atoms with Gasteiger partial charge in [0.2, 0.25) is 0 Å². The van der Waals surface area contributed by atoms with Crippen molar-refractivity contribution in [3.63, 3.8) is 0 Å². The molecule has 3 rings (SSSR count). The summed E-state index contributed by atoms with van der Waals surface area (Å²) >= 11 is 0. The first kappa shape index (κ1) is 14.3. The summed E-state index contributed by atoms with van der Waals surface area (Å²) < 4.78 is 1.97. The van der Waals surface area contributed by atoms with E-state index in [2.05, 4.69) is 36.3 Å². The molecule has 0 saturated carbocycles. The highest BCUT2D eigenvalue weighted by Gasteiger charge is 2.26. The molecule has 0 spiro atoms. The molecule has 3 heteroatoms. The van der Waals surface area contributed by atoms with Crippen LogP contribution in [0.4, 0.5) is 0 Å². The topological polar surface area (TPSA) is 38.0 Å². The number of benzene rings is 1. The Kier molecular flexibility index (Phi) is 4.11. The van der Waals surface area contributed by atoms with Crippen LogP contribution in [0.15, 0.2) is 30.3 Å². The van der Waals surface area contributed by atoms with Crippen LogP contribution in [-0.4, -0.2) is 14.9 Å². The van der Waals surface area contributed by atoms with Crippen molar-refractivity contribution in [2.45, 2.75) is 45.1 Å². The Morgan fingerprint density at radius 2 is 2.14 bits per heavy atom. The van der Waals surface area contributed by atoms with E-state index in [1.54, 1.807) is 0 Å². The number of rotatable bonds is 3. The quantitative estimate of drug-likeness (QED) is 0.879. The van der Waals surface area contributed by atoms with Gasteiger partial charge in [-0.15, -0.1) is 0 Å². The predicted molar refractivity (Wildman–Crippen MR) is 84.1 cm³/mol. The fraction of sp³-hybridized carbons (Fsp3) is 0.500. The van der Waals surface area contributed by atoms with Gasteiger partial charge in [0.1, 0.15) is 0 Å². The lowest BCUT2D eigenvalue weighted by atomic mass is 9.89. The van der Waals surface area contributed by atoms with Crippen molar-refractivity contribution in [2.24, 2.45) is 13.0 Å². The van der Waals surface area contributed by atoms with Gasteiger partial charge in [0.25, 0.3) is 0 Å². The molecule has 0 bridgehead atoms. The molecule has 2 aromatic rings. The standard InChI is InChI=1S/C18H24N2O/c1-3-15-12-16(20(2)19-15)11-14-9-6-8-13-7-4-5-10-17(13)18(14)21/h4-5,7,10,12,14,18,21H,3,6,8-9,11H2,1-2H3. The first-order valence-electron chi connectivity index (χ1n) is 7.96. The van der Waals surface area contributed by atoms with Gasteiger partial charge in [0, 0.05) is 12.7 Å². The largest absolute Gasteiger partial charge is 0.388 e. The van der Waals surface area contributed by atoms with Gasteiger partial charge >= 0.3 is 0 Å². The third-order valence-corrected chi connectivity index (χ3v) is 4.70. The Balaban J connectivity index is 1.84. The van der Waals surface area contributed by atoms with Crippen molar-refractivity contribution in [1.82, 2.24) is 9.78 Å². The molecule has 1 heterocycles. The van der Waals surface area contributed by atoms with Crippen LogP contribution in [0.5, 0.6) is 0 Å². The number of aliphatic hydroxyl groups excluding tert-OH is 1. The smallest absolute Gasteiger partial charge is 0.0824 e. The lowest BCUT2D eigenvalue weighted by molar-refractivity contribution is 0.104. The number of aromatic nitrogens is 2. The highest BCUT2D eigenvalue weighted by atomic mass is 16.3. The van der Waals surface area contributed by atoms with Gasteiger partial charge in [-0.25, -0.2) is 0 Å². The van der Waals surface area contributed by atoms with Gasteiger partial charge in [-0.1, -0.05) is 31.2 Å². The molecular weight excluding hydrogens is 260 g/mol. The van der Waals surface area contributed by atoms with Gasteiger partial charge in [-0.2, -0.15) is 5.10 Å². The van der Waals surface area contributed by atoms with E-state index >= 15 is 0 Å². The zero-order valence-electron chi connectivity index (χ0n) is 12.9. The summed E-state index contributed by atoms with van der Waals surface area (Å²) in [4.78, 5) is 0. The monoisotopic (exact) mass is 284 g/mol.